The second-order valence-corrected chi connectivity index (χ2v) is 10.6. The number of furan rings is 1. The minimum Gasteiger partial charge on any atom is -0.480 e. The second kappa shape index (κ2) is 10.2. The summed E-state index contributed by atoms with van der Waals surface area (Å²) in [5.41, 5.74) is 3.42. The normalized spacial score (nSPS) is 12.8. The van der Waals surface area contributed by atoms with Crippen LogP contribution in [0.15, 0.2) is 26.0 Å². The Morgan fingerprint density at radius 2 is 1.69 bits per heavy atom. The van der Waals surface area contributed by atoms with Gasteiger partial charge in [-0.15, -0.1) is 0 Å². The molecule has 0 fully saturated rings. The molecule has 0 unspecified atom stereocenters. The molecule has 0 bridgehead atoms. The van der Waals surface area contributed by atoms with Crippen LogP contribution in [0.4, 0.5) is 0 Å². The molecule has 3 rings (SSSR count). The number of benzene rings is 1. The molecule has 0 aliphatic carbocycles. The SMILES string of the molecule is Cc1c(CCC(=O)NCC(=O)N[C@@H](C(=O)O)C(C)C)c(=O)oc2c(C)c3occ(C(C)(C)C)c3cc12. The Morgan fingerprint density at radius 1 is 1.03 bits per heavy atom. The van der Waals surface area contributed by atoms with Crippen LogP contribution in [0.5, 0.6) is 0 Å². The number of hydrogen-bond acceptors (Lipinski definition) is 6. The summed E-state index contributed by atoms with van der Waals surface area (Å²) < 4.78 is 11.5. The van der Waals surface area contributed by atoms with Crippen LogP contribution >= 0.6 is 0 Å². The van der Waals surface area contributed by atoms with Crippen molar-refractivity contribution in [2.24, 2.45) is 5.92 Å². The highest BCUT2D eigenvalue weighted by Crippen LogP contribution is 2.37. The Labute approximate surface area is 209 Å². The zero-order valence-electron chi connectivity index (χ0n) is 21.8. The Hall–Kier alpha value is -3.62. The predicted molar refractivity (Wildman–Crippen MR) is 136 cm³/mol. The monoisotopic (exact) mass is 498 g/mol. The van der Waals surface area contributed by atoms with E-state index in [1.165, 1.54) is 0 Å². The van der Waals surface area contributed by atoms with E-state index in [1.54, 1.807) is 20.1 Å². The molecule has 0 radical (unpaired) electrons. The average Bonchev–Trinajstić information content (AvgIpc) is 3.21. The third-order valence-corrected chi connectivity index (χ3v) is 6.45. The van der Waals surface area contributed by atoms with Crippen molar-refractivity contribution >= 4 is 39.7 Å². The van der Waals surface area contributed by atoms with E-state index in [9.17, 15) is 24.3 Å². The van der Waals surface area contributed by atoms with Gasteiger partial charge in [0.1, 0.15) is 17.2 Å². The second-order valence-electron chi connectivity index (χ2n) is 10.6. The van der Waals surface area contributed by atoms with Crippen molar-refractivity contribution in [3.63, 3.8) is 0 Å². The average molecular weight is 499 g/mol. The van der Waals surface area contributed by atoms with Crippen LogP contribution in [0, 0.1) is 19.8 Å². The van der Waals surface area contributed by atoms with Gasteiger partial charge in [-0.05, 0) is 43.2 Å². The van der Waals surface area contributed by atoms with Gasteiger partial charge in [0.05, 0.1) is 12.8 Å². The van der Waals surface area contributed by atoms with E-state index in [2.05, 4.69) is 31.4 Å². The molecular weight excluding hydrogens is 464 g/mol. The quantitative estimate of drug-likeness (QED) is 0.402. The van der Waals surface area contributed by atoms with Crippen molar-refractivity contribution in [1.82, 2.24) is 10.6 Å². The van der Waals surface area contributed by atoms with Crippen molar-refractivity contribution in [3.8, 4) is 0 Å². The first kappa shape index (κ1) is 27.0. The smallest absolute Gasteiger partial charge is 0.339 e. The number of carboxylic acids is 1. The van der Waals surface area contributed by atoms with Crippen LogP contribution in [0.3, 0.4) is 0 Å². The molecule has 2 amide bonds. The van der Waals surface area contributed by atoms with Gasteiger partial charge < -0.3 is 24.6 Å². The van der Waals surface area contributed by atoms with E-state index in [0.717, 1.165) is 27.5 Å². The van der Waals surface area contributed by atoms with Gasteiger partial charge in [-0.3, -0.25) is 9.59 Å². The number of aliphatic carboxylic acids is 1. The van der Waals surface area contributed by atoms with E-state index in [4.69, 9.17) is 8.83 Å². The number of amides is 2. The third kappa shape index (κ3) is 5.45. The molecule has 3 aromatic rings. The Bertz CT molecular complexity index is 1390. The summed E-state index contributed by atoms with van der Waals surface area (Å²) >= 11 is 0. The number of nitrogens with one attached hydrogen (secondary N) is 2. The fourth-order valence-electron chi connectivity index (χ4n) is 4.31. The van der Waals surface area contributed by atoms with E-state index < -0.39 is 29.5 Å². The molecule has 0 aliphatic heterocycles. The number of carbonyl (C=O) groups is 3. The largest absolute Gasteiger partial charge is 0.480 e. The lowest BCUT2D eigenvalue weighted by Gasteiger charge is -2.18. The molecule has 0 saturated carbocycles. The fraction of sp³-hybridized carbons (Fsp3) is 0.481. The molecule has 9 nitrogen and oxygen atoms in total. The van der Waals surface area contributed by atoms with Gasteiger partial charge in [0.15, 0.2) is 0 Å². The zero-order valence-corrected chi connectivity index (χ0v) is 21.8. The van der Waals surface area contributed by atoms with Crippen molar-refractivity contribution < 1.29 is 28.3 Å². The topological polar surface area (TPSA) is 139 Å². The first-order valence-corrected chi connectivity index (χ1v) is 12.0. The van der Waals surface area contributed by atoms with Crippen LogP contribution in [0.25, 0.3) is 21.9 Å². The lowest BCUT2D eigenvalue weighted by atomic mass is 9.86. The van der Waals surface area contributed by atoms with Crippen LogP contribution in [0.1, 0.15) is 63.3 Å². The summed E-state index contributed by atoms with van der Waals surface area (Å²) in [6, 6.07) is 0.935. The highest BCUT2D eigenvalue weighted by Gasteiger charge is 2.25. The minimum atomic E-state index is -1.14. The summed E-state index contributed by atoms with van der Waals surface area (Å²) in [6.07, 6.45) is 1.85. The maximum atomic E-state index is 12.8. The van der Waals surface area contributed by atoms with Gasteiger partial charge in [0.2, 0.25) is 11.8 Å². The highest BCUT2D eigenvalue weighted by atomic mass is 16.4. The summed E-state index contributed by atoms with van der Waals surface area (Å²) in [7, 11) is 0. The Kier molecular flexibility index (Phi) is 7.62. The zero-order chi connectivity index (χ0) is 26.9. The maximum absolute atomic E-state index is 12.8. The number of aryl methyl sites for hydroxylation is 2. The molecule has 36 heavy (non-hydrogen) atoms. The van der Waals surface area contributed by atoms with Crippen molar-refractivity contribution in [2.45, 2.75) is 72.8 Å². The van der Waals surface area contributed by atoms with Crippen molar-refractivity contribution in [1.29, 1.82) is 0 Å². The molecule has 0 aliphatic rings. The molecule has 1 aromatic carbocycles. The number of carboxylic acid groups (broad SMARTS) is 1. The van der Waals surface area contributed by atoms with E-state index in [-0.39, 0.29) is 30.7 Å². The molecule has 0 saturated heterocycles. The molecule has 194 valence electrons. The molecule has 0 spiro atoms. The summed E-state index contributed by atoms with van der Waals surface area (Å²) in [5.74, 6) is -2.47. The van der Waals surface area contributed by atoms with Gasteiger partial charge in [-0.1, -0.05) is 34.6 Å². The molecular formula is C27H34N2O7. The number of carbonyl (C=O) groups excluding carboxylic acids is 2. The highest BCUT2D eigenvalue weighted by molar-refractivity contribution is 6.00. The predicted octanol–water partition coefficient (Wildman–Crippen LogP) is 3.73. The molecule has 2 heterocycles. The summed E-state index contributed by atoms with van der Waals surface area (Å²) in [6.45, 7) is 13.0. The van der Waals surface area contributed by atoms with Gasteiger partial charge in [-0.25, -0.2) is 9.59 Å². The number of hydrogen-bond donors (Lipinski definition) is 3. The van der Waals surface area contributed by atoms with Gasteiger partial charge >= 0.3 is 11.6 Å². The van der Waals surface area contributed by atoms with Gasteiger partial charge in [0.25, 0.3) is 0 Å². The van der Waals surface area contributed by atoms with Crippen LogP contribution in [-0.4, -0.2) is 35.5 Å². The lowest BCUT2D eigenvalue weighted by Crippen LogP contribution is -2.48. The van der Waals surface area contributed by atoms with Crippen LogP contribution in [0.2, 0.25) is 0 Å². The van der Waals surface area contributed by atoms with E-state index >= 15 is 0 Å². The van der Waals surface area contributed by atoms with Crippen molar-refractivity contribution in [3.05, 3.63) is 45.0 Å². The first-order chi connectivity index (χ1) is 16.7. The minimum absolute atomic E-state index is 0.0307. The number of rotatable bonds is 8. The van der Waals surface area contributed by atoms with Gasteiger partial charge in [-0.2, -0.15) is 0 Å². The molecule has 2 aromatic heterocycles. The summed E-state index contributed by atoms with van der Waals surface area (Å²) in [5, 5.41) is 15.8. The maximum Gasteiger partial charge on any atom is 0.339 e. The van der Waals surface area contributed by atoms with Crippen LogP contribution in [-0.2, 0) is 26.2 Å². The van der Waals surface area contributed by atoms with Crippen LogP contribution < -0.4 is 16.3 Å². The molecule has 3 N–H and O–H groups in total. The Morgan fingerprint density at radius 3 is 2.28 bits per heavy atom. The summed E-state index contributed by atoms with van der Waals surface area (Å²) in [4.78, 5) is 48.4. The first-order valence-electron chi connectivity index (χ1n) is 12.0. The van der Waals surface area contributed by atoms with Crippen molar-refractivity contribution in [2.75, 3.05) is 6.54 Å². The molecule has 1 atom stereocenters. The van der Waals surface area contributed by atoms with Gasteiger partial charge in [0, 0.05) is 33.9 Å². The van der Waals surface area contributed by atoms with E-state index in [0.29, 0.717) is 16.7 Å². The standard InChI is InChI=1S/C27H34N2O7/c1-13(2)22(25(32)33)29-21(31)11-28-20(30)9-8-16-14(3)17-10-18-19(27(5,6)7)12-35-23(18)15(4)24(17)36-26(16)34/h10,12-13,22H,8-9,11H2,1-7H3,(H,28,30)(H,29,31)(H,32,33)/t22-/m1/s1. The third-order valence-electron chi connectivity index (χ3n) is 6.45. The Balaban J connectivity index is 1.78. The number of fused-ring (bicyclic) bond motifs is 2. The lowest BCUT2D eigenvalue weighted by molar-refractivity contribution is -0.143. The fourth-order valence-corrected chi connectivity index (χ4v) is 4.31. The van der Waals surface area contributed by atoms with E-state index in [1.807, 2.05) is 19.9 Å². The molecule has 9 heteroatoms.